The normalized spacial score (nSPS) is 10.2. The van der Waals surface area contributed by atoms with Crippen LogP contribution in [0.15, 0.2) is 24.3 Å². The molecule has 0 aliphatic rings. The zero-order valence-corrected chi connectivity index (χ0v) is 12.3. The van der Waals surface area contributed by atoms with Crippen molar-refractivity contribution in [1.29, 1.82) is 0 Å². The molecule has 0 aliphatic heterocycles. The van der Waals surface area contributed by atoms with Crippen LogP contribution in [0.4, 0.5) is 11.4 Å². The quantitative estimate of drug-likeness (QED) is 0.908. The van der Waals surface area contributed by atoms with Crippen LogP contribution in [-0.4, -0.2) is 20.1 Å². The van der Waals surface area contributed by atoms with E-state index in [0.717, 1.165) is 4.88 Å². The molecule has 3 N–H and O–H groups in total. The largest absolute Gasteiger partial charge is 0.497 e. The molecule has 0 atom stereocenters. The van der Waals surface area contributed by atoms with Crippen molar-refractivity contribution in [2.75, 3.05) is 25.3 Å². The van der Waals surface area contributed by atoms with Crippen molar-refractivity contribution < 1.29 is 14.3 Å². The van der Waals surface area contributed by atoms with E-state index in [-0.39, 0.29) is 5.91 Å². The average molecular weight is 292 g/mol. The van der Waals surface area contributed by atoms with Gasteiger partial charge >= 0.3 is 0 Å². The second-order valence-corrected chi connectivity index (χ2v) is 5.40. The Labute approximate surface area is 121 Å². The molecule has 106 valence electrons. The molecule has 0 saturated heterocycles. The van der Waals surface area contributed by atoms with Crippen molar-refractivity contribution in [3.05, 3.63) is 34.0 Å². The van der Waals surface area contributed by atoms with Gasteiger partial charge in [0.05, 0.1) is 24.8 Å². The molecule has 0 saturated carbocycles. The smallest absolute Gasteiger partial charge is 0.265 e. The molecule has 0 spiro atoms. The van der Waals surface area contributed by atoms with E-state index in [4.69, 9.17) is 15.2 Å². The van der Waals surface area contributed by atoms with E-state index in [9.17, 15) is 4.79 Å². The summed E-state index contributed by atoms with van der Waals surface area (Å²) in [6.07, 6.45) is 0. The van der Waals surface area contributed by atoms with Crippen LogP contribution in [0.25, 0.3) is 0 Å². The van der Waals surface area contributed by atoms with Gasteiger partial charge in [-0.25, -0.2) is 0 Å². The first-order valence-corrected chi connectivity index (χ1v) is 6.76. The van der Waals surface area contributed by atoms with Gasteiger partial charge in [-0.1, -0.05) is 0 Å². The number of benzene rings is 1. The fourth-order valence-corrected chi connectivity index (χ4v) is 2.54. The number of methoxy groups -OCH3 is 2. The maximum absolute atomic E-state index is 12.2. The molecule has 1 amide bonds. The minimum Gasteiger partial charge on any atom is -0.497 e. The van der Waals surface area contributed by atoms with Crippen molar-refractivity contribution in [2.24, 2.45) is 0 Å². The predicted octanol–water partition coefficient (Wildman–Crippen LogP) is 2.91. The van der Waals surface area contributed by atoms with Gasteiger partial charge in [0.1, 0.15) is 11.5 Å². The van der Waals surface area contributed by atoms with E-state index in [1.807, 2.05) is 6.92 Å². The molecule has 0 fully saturated rings. The van der Waals surface area contributed by atoms with Crippen LogP contribution < -0.4 is 20.5 Å². The van der Waals surface area contributed by atoms with Crippen LogP contribution in [0, 0.1) is 6.92 Å². The van der Waals surface area contributed by atoms with E-state index in [0.29, 0.717) is 27.8 Å². The highest BCUT2D eigenvalue weighted by Gasteiger charge is 2.14. The SMILES string of the molecule is COc1ccc(OC)c(NC(=O)c2cc(N)c(C)s2)c1. The van der Waals surface area contributed by atoms with E-state index in [1.54, 1.807) is 38.5 Å². The standard InChI is InChI=1S/C14H16N2O3S/c1-8-10(15)7-13(20-8)14(17)16-11-6-9(18-2)4-5-12(11)19-3/h4-7H,15H2,1-3H3,(H,16,17). The van der Waals surface area contributed by atoms with Crippen molar-refractivity contribution in [2.45, 2.75) is 6.92 Å². The van der Waals surface area contributed by atoms with Crippen LogP contribution in [0.5, 0.6) is 11.5 Å². The summed E-state index contributed by atoms with van der Waals surface area (Å²) in [6, 6.07) is 6.88. The van der Waals surface area contributed by atoms with Crippen LogP contribution in [0.1, 0.15) is 14.5 Å². The summed E-state index contributed by atoms with van der Waals surface area (Å²) in [5.74, 6) is 0.990. The van der Waals surface area contributed by atoms with Crippen molar-refractivity contribution in [1.82, 2.24) is 0 Å². The number of ether oxygens (including phenoxy) is 2. The molecule has 2 aromatic rings. The Hall–Kier alpha value is -2.21. The lowest BCUT2D eigenvalue weighted by molar-refractivity contribution is 0.103. The summed E-state index contributed by atoms with van der Waals surface area (Å²) in [6.45, 7) is 1.88. The maximum Gasteiger partial charge on any atom is 0.265 e. The van der Waals surface area contributed by atoms with Crippen LogP contribution >= 0.6 is 11.3 Å². The Bertz CT molecular complexity index is 618. The summed E-state index contributed by atoms with van der Waals surface area (Å²) >= 11 is 1.36. The molecule has 1 aromatic carbocycles. The van der Waals surface area contributed by atoms with Gasteiger partial charge in [0.2, 0.25) is 0 Å². The van der Waals surface area contributed by atoms with Gasteiger partial charge < -0.3 is 20.5 Å². The predicted molar refractivity (Wildman–Crippen MR) is 81.0 cm³/mol. The number of thiophene rings is 1. The minimum atomic E-state index is -0.221. The van der Waals surface area contributed by atoms with Crippen molar-refractivity contribution in [3.63, 3.8) is 0 Å². The highest BCUT2D eigenvalue weighted by Crippen LogP contribution is 2.30. The lowest BCUT2D eigenvalue weighted by Gasteiger charge is -2.11. The number of hydrogen-bond acceptors (Lipinski definition) is 5. The Kier molecular flexibility index (Phi) is 4.14. The molecular weight excluding hydrogens is 276 g/mol. The number of rotatable bonds is 4. The van der Waals surface area contributed by atoms with Gasteiger partial charge in [0.25, 0.3) is 5.91 Å². The lowest BCUT2D eigenvalue weighted by Crippen LogP contribution is -2.11. The Balaban J connectivity index is 2.26. The first kappa shape index (κ1) is 14.2. The Morgan fingerprint density at radius 3 is 2.55 bits per heavy atom. The molecular formula is C14H16N2O3S. The number of hydrogen-bond donors (Lipinski definition) is 2. The van der Waals surface area contributed by atoms with Crippen molar-refractivity contribution >= 4 is 28.6 Å². The van der Waals surface area contributed by atoms with Crippen molar-refractivity contribution in [3.8, 4) is 11.5 Å². The number of nitrogens with two attached hydrogens (primary N) is 1. The number of aryl methyl sites for hydroxylation is 1. The zero-order valence-electron chi connectivity index (χ0n) is 11.5. The Morgan fingerprint density at radius 1 is 1.25 bits per heavy atom. The fraction of sp³-hybridized carbons (Fsp3) is 0.214. The molecule has 0 radical (unpaired) electrons. The van der Waals surface area contributed by atoms with Gasteiger partial charge in [-0.05, 0) is 25.1 Å². The molecule has 0 aliphatic carbocycles. The number of carbonyl (C=O) groups is 1. The zero-order chi connectivity index (χ0) is 14.7. The molecule has 2 rings (SSSR count). The molecule has 0 bridgehead atoms. The topological polar surface area (TPSA) is 73.6 Å². The van der Waals surface area contributed by atoms with Crippen LogP contribution in [0.3, 0.4) is 0 Å². The number of amides is 1. The second kappa shape index (κ2) is 5.83. The summed E-state index contributed by atoms with van der Waals surface area (Å²) < 4.78 is 10.4. The van der Waals surface area contributed by atoms with Crippen LogP contribution in [0.2, 0.25) is 0 Å². The molecule has 20 heavy (non-hydrogen) atoms. The Morgan fingerprint density at radius 2 is 2.00 bits per heavy atom. The summed E-state index contributed by atoms with van der Waals surface area (Å²) in [7, 11) is 3.11. The molecule has 0 unspecified atom stereocenters. The first-order valence-electron chi connectivity index (χ1n) is 5.94. The second-order valence-electron chi connectivity index (χ2n) is 4.14. The lowest BCUT2D eigenvalue weighted by atomic mass is 10.2. The highest BCUT2D eigenvalue weighted by molar-refractivity contribution is 7.14. The van der Waals surface area contributed by atoms with E-state index in [1.165, 1.54) is 11.3 Å². The third kappa shape index (κ3) is 2.85. The fourth-order valence-electron chi connectivity index (χ4n) is 1.70. The van der Waals surface area contributed by atoms with Crippen LogP contribution in [-0.2, 0) is 0 Å². The molecule has 5 nitrogen and oxygen atoms in total. The molecule has 1 heterocycles. The third-order valence-corrected chi connectivity index (χ3v) is 3.90. The average Bonchev–Trinajstić information content (AvgIpc) is 2.78. The summed E-state index contributed by atoms with van der Waals surface area (Å²) in [5.41, 5.74) is 6.94. The highest BCUT2D eigenvalue weighted by atomic mass is 32.1. The van der Waals surface area contributed by atoms with Gasteiger partial charge in [-0.15, -0.1) is 11.3 Å². The number of nitrogen functional groups attached to an aromatic ring is 1. The first-order chi connectivity index (χ1) is 9.55. The third-order valence-electron chi connectivity index (χ3n) is 2.83. The van der Waals surface area contributed by atoms with Gasteiger partial charge in [-0.3, -0.25) is 4.79 Å². The monoisotopic (exact) mass is 292 g/mol. The van der Waals surface area contributed by atoms with E-state index >= 15 is 0 Å². The number of anilines is 2. The minimum absolute atomic E-state index is 0.221. The molecule has 1 aromatic heterocycles. The summed E-state index contributed by atoms with van der Waals surface area (Å²) in [4.78, 5) is 13.7. The number of carbonyl (C=O) groups excluding carboxylic acids is 1. The van der Waals surface area contributed by atoms with E-state index < -0.39 is 0 Å². The summed E-state index contributed by atoms with van der Waals surface area (Å²) in [5, 5.41) is 2.80. The van der Waals surface area contributed by atoms with Gasteiger partial charge in [-0.2, -0.15) is 0 Å². The van der Waals surface area contributed by atoms with E-state index in [2.05, 4.69) is 5.32 Å². The molecule has 6 heteroatoms. The maximum atomic E-state index is 12.2. The van der Waals surface area contributed by atoms with Gasteiger partial charge in [0.15, 0.2) is 0 Å². The number of nitrogens with one attached hydrogen (secondary N) is 1. The van der Waals surface area contributed by atoms with Gasteiger partial charge in [0, 0.05) is 16.6 Å².